The number of nitro benzene ring substituents is 2. The van der Waals surface area contributed by atoms with Gasteiger partial charge in [-0.25, -0.2) is 8.42 Å². The molecule has 3 heterocycles. The number of hydrogen-bond acceptors (Lipinski definition) is 18. The molecule has 0 saturated carbocycles. The van der Waals surface area contributed by atoms with E-state index in [0.717, 1.165) is 78.3 Å². The highest BCUT2D eigenvalue weighted by Crippen LogP contribution is 2.30. The summed E-state index contributed by atoms with van der Waals surface area (Å²) in [4.78, 5) is 23.2. The highest BCUT2D eigenvalue weighted by atomic mass is 32.3. The van der Waals surface area contributed by atoms with Gasteiger partial charge < -0.3 is 34.7 Å². The Morgan fingerprint density at radius 2 is 1.16 bits per heavy atom. The average molecular weight is 871 g/mol. The fourth-order valence-electron chi connectivity index (χ4n) is 5.52. The Morgan fingerprint density at radius 1 is 0.724 bits per heavy atom. The number of nitrogen functional groups attached to an aromatic ring is 2. The summed E-state index contributed by atoms with van der Waals surface area (Å²) in [6.45, 7) is 9.07. The van der Waals surface area contributed by atoms with Crippen LogP contribution in [0.1, 0.15) is 58.8 Å². The van der Waals surface area contributed by atoms with Gasteiger partial charge in [-0.15, -0.1) is 0 Å². The summed E-state index contributed by atoms with van der Waals surface area (Å²) in [5, 5.41) is 21.8. The van der Waals surface area contributed by atoms with Gasteiger partial charge in [0.15, 0.2) is 11.5 Å². The second-order valence-corrected chi connectivity index (χ2v) is 15.7. The SMILES string of the molecule is C.C1CCOC1.COS(=O)(=O)OC.COS(=O)(=O)[O-].C[N+]1(CCOc2cc(N)ccc2[N+](=O)[O-])CCCCC1.Nc1ccc([N+](=O)[O-])c(OCCN2CCCCC2)c1. The van der Waals surface area contributed by atoms with Crippen LogP contribution in [0.2, 0.25) is 0 Å². The van der Waals surface area contributed by atoms with Crippen molar-refractivity contribution in [1.82, 2.24) is 4.90 Å². The molecule has 2 aromatic rings. The number of piperidine rings is 2. The van der Waals surface area contributed by atoms with Gasteiger partial charge in [0.1, 0.15) is 19.8 Å². The predicted octanol–water partition coefficient (Wildman–Crippen LogP) is 4.28. The number of nitrogens with two attached hydrogens (primary N) is 2. The van der Waals surface area contributed by atoms with E-state index in [1.165, 1.54) is 87.8 Å². The first-order valence-corrected chi connectivity index (χ1v) is 20.9. The van der Waals surface area contributed by atoms with Crippen molar-refractivity contribution < 1.29 is 62.5 Å². The standard InChI is InChI=1S/C14H22N3O3.C13H19N3O3.C4H8O.C2H6O4S.CH4O4S.CH4/c1-17(7-3-2-4-8-17)9-10-20-14-11-12(15)5-6-13(14)16(18)19;14-11-4-5-12(16(17)18)13(10-11)19-9-8-15-6-2-1-3-7-15;1-2-4-5-3-1;1-5-7(3,4)6-2;1-5-6(2,3)4;/h5-6,11H,2-4,7-10,15H2,1H3;4-5,10H,1-3,6-9,14H2;1-4H2;1-2H3;1H3,(H,2,3,4);1H4/q+1;;;;;/p-1. The normalized spacial score (nSPS) is 16.1. The van der Waals surface area contributed by atoms with Gasteiger partial charge in [0, 0.05) is 55.4 Å². The van der Waals surface area contributed by atoms with Gasteiger partial charge in [-0.2, -0.15) is 8.42 Å². The number of likely N-dealkylation sites (tertiary alicyclic amines) is 2. The third-order valence-corrected chi connectivity index (χ3v) is 9.92. The zero-order valence-corrected chi connectivity index (χ0v) is 34.7. The first-order chi connectivity index (χ1) is 26.8. The van der Waals surface area contributed by atoms with E-state index < -0.39 is 30.6 Å². The lowest BCUT2D eigenvalue weighted by molar-refractivity contribution is -0.914. The molecule has 0 spiro atoms. The lowest BCUT2D eigenvalue weighted by Gasteiger charge is -2.37. The molecule has 58 heavy (non-hydrogen) atoms. The second kappa shape index (κ2) is 28.5. The molecule has 2 aromatic carbocycles. The molecule has 3 aliphatic heterocycles. The molecule has 3 saturated heterocycles. The largest absolute Gasteiger partial charge is 0.726 e. The number of quaternary nitrogens is 1. The molecule has 0 atom stereocenters. The van der Waals surface area contributed by atoms with E-state index in [2.05, 4.69) is 24.5 Å². The highest BCUT2D eigenvalue weighted by Gasteiger charge is 2.25. The summed E-state index contributed by atoms with van der Waals surface area (Å²) in [5.74, 6) is 0.514. The molecule has 0 bridgehead atoms. The lowest BCUT2D eigenvalue weighted by Crippen LogP contribution is -2.50. The van der Waals surface area contributed by atoms with Gasteiger partial charge in [0.2, 0.25) is 10.4 Å². The molecule has 5 rings (SSSR count). The molecule has 3 aliphatic rings. The Morgan fingerprint density at radius 3 is 1.52 bits per heavy atom. The number of nitro groups is 2. The Balaban J connectivity index is 0.000000783. The molecule has 23 heteroatoms. The molecule has 0 unspecified atom stereocenters. The average Bonchev–Trinajstić information content (AvgIpc) is 3.77. The van der Waals surface area contributed by atoms with Gasteiger partial charge in [-0.05, 0) is 70.2 Å². The van der Waals surface area contributed by atoms with Crippen LogP contribution in [-0.4, -0.2) is 135 Å². The van der Waals surface area contributed by atoms with E-state index in [0.29, 0.717) is 24.6 Å². The van der Waals surface area contributed by atoms with Crippen molar-refractivity contribution in [3.63, 3.8) is 0 Å². The van der Waals surface area contributed by atoms with Crippen LogP contribution < -0.4 is 20.9 Å². The quantitative estimate of drug-likeness (QED) is 0.0709. The highest BCUT2D eigenvalue weighted by molar-refractivity contribution is 7.81. The second-order valence-electron chi connectivity index (χ2n) is 13.1. The molecule has 0 aliphatic carbocycles. The molecule has 3 fully saturated rings. The maximum atomic E-state index is 10.9. The summed E-state index contributed by atoms with van der Waals surface area (Å²) >= 11 is 0. The summed E-state index contributed by atoms with van der Waals surface area (Å²) in [6, 6.07) is 8.83. The minimum absolute atomic E-state index is 0. The molecular weight excluding hydrogens is 809 g/mol. The minimum atomic E-state index is -4.41. The van der Waals surface area contributed by atoms with Crippen molar-refractivity contribution in [2.24, 2.45) is 0 Å². The Bertz CT molecular complexity index is 1690. The van der Waals surface area contributed by atoms with Crippen molar-refractivity contribution in [3.05, 3.63) is 56.6 Å². The fourth-order valence-corrected chi connectivity index (χ4v) is 5.65. The predicted molar refractivity (Wildman–Crippen MR) is 217 cm³/mol. The van der Waals surface area contributed by atoms with Crippen LogP contribution in [0.5, 0.6) is 11.5 Å². The summed E-state index contributed by atoms with van der Waals surface area (Å²) in [6.07, 6.45) is 10.1. The number of likely N-dealkylation sites (N-methyl/N-ethyl adjacent to an activating group) is 1. The van der Waals surface area contributed by atoms with Crippen LogP contribution in [0, 0.1) is 20.2 Å². The van der Waals surface area contributed by atoms with Crippen molar-refractivity contribution in [1.29, 1.82) is 0 Å². The topological polar surface area (TPSA) is 288 Å². The summed E-state index contributed by atoms with van der Waals surface area (Å²) in [7, 11) is -2.99. The minimum Gasteiger partial charge on any atom is -0.726 e. The first-order valence-electron chi connectivity index (χ1n) is 18.2. The molecule has 4 N–H and O–H groups in total. The smallest absolute Gasteiger partial charge is 0.399 e. The van der Waals surface area contributed by atoms with E-state index in [-0.39, 0.29) is 30.3 Å². The zero-order chi connectivity index (χ0) is 42.9. The van der Waals surface area contributed by atoms with Gasteiger partial charge >= 0.3 is 21.8 Å². The molecule has 0 radical (unpaired) electrons. The number of ether oxygens (including phenoxy) is 3. The number of hydrogen-bond donors (Lipinski definition) is 2. The number of anilines is 2. The van der Waals surface area contributed by atoms with Crippen LogP contribution in [-0.2, 0) is 38.1 Å². The van der Waals surface area contributed by atoms with E-state index >= 15 is 0 Å². The van der Waals surface area contributed by atoms with Crippen LogP contribution >= 0.6 is 0 Å². The van der Waals surface area contributed by atoms with Crippen LogP contribution in [0.4, 0.5) is 22.7 Å². The van der Waals surface area contributed by atoms with Crippen molar-refractivity contribution in [2.45, 2.75) is 58.8 Å². The monoisotopic (exact) mass is 870 g/mol. The molecular formula is C35H62N6O15S2. The summed E-state index contributed by atoms with van der Waals surface area (Å²) < 4.78 is 75.6. The van der Waals surface area contributed by atoms with Crippen molar-refractivity contribution in [2.75, 3.05) is 106 Å². The molecule has 0 amide bonds. The number of benzene rings is 2. The van der Waals surface area contributed by atoms with Gasteiger partial charge in [0.25, 0.3) is 0 Å². The van der Waals surface area contributed by atoms with E-state index in [4.69, 9.17) is 25.7 Å². The first kappa shape index (κ1) is 54.1. The van der Waals surface area contributed by atoms with Crippen molar-refractivity contribution in [3.8, 4) is 11.5 Å². The van der Waals surface area contributed by atoms with Crippen LogP contribution in [0.3, 0.4) is 0 Å². The van der Waals surface area contributed by atoms with Crippen LogP contribution in [0.15, 0.2) is 36.4 Å². The van der Waals surface area contributed by atoms with Gasteiger partial charge in [-0.3, -0.25) is 37.7 Å². The summed E-state index contributed by atoms with van der Waals surface area (Å²) in [5.41, 5.74) is 12.2. The number of nitrogens with zero attached hydrogens (tertiary/aromatic N) is 4. The maximum absolute atomic E-state index is 10.9. The Labute approximate surface area is 342 Å². The van der Waals surface area contributed by atoms with Gasteiger partial charge in [-0.1, -0.05) is 13.8 Å². The van der Waals surface area contributed by atoms with Gasteiger partial charge in [0.05, 0.1) is 51.3 Å². The third kappa shape index (κ3) is 24.1. The van der Waals surface area contributed by atoms with Crippen LogP contribution in [0.25, 0.3) is 0 Å². The number of rotatable bonds is 13. The molecule has 334 valence electrons. The van der Waals surface area contributed by atoms with E-state index in [1.807, 2.05) is 0 Å². The lowest BCUT2D eigenvalue weighted by atomic mass is 10.1. The molecule has 21 nitrogen and oxygen atoms in total. The fraction of sp³-hybridized carbons (Fsp3) is 0.657. The van der Waals surface area contributed by atoms with E-state index in [9.17, 15) is 41.6 Å². The zero-order valence-electron chi connectivity index (χ0n) is 33.1. The molecule has 0 aromatic heterocycles. The van der Waals surface area contributed by atoms with E-state index in [1.54, 1.807) is 0 Å². The van der Waals surface area contributed by atoms with Crippen molar-refractivity contribution >= 4 is 43.5 Å². The Hall–Kier alpha value is -3.94. The Kier molecular flexibility index (Phi) is 26.5. The third-order valence-electron chi connectivity index (χ3n) is 8.70. The maximum Gasteiger partial charge on any atom is 0.399 e.